The number of rotatable bonds is 5. The van der Waals surface area contributed by atoms with E-state index in [2.05, 4.69) is 46.6 Å². The minimum absolute atomic E-state index is 0.704. The van der Waals surface area contributed by atoms with Crippen LogP contribution in [0.3, 0.4) is 0 Å². The molecule has 2 aromatic heterocycles. The summed E-state index contributed by atoms with van der Waals surface area (Å²) in [5.41, 5.74) is 5.03. The van der Waals surface area contributed by atoms with Crippen molar-refractivity contribution in [3.63, 3.8) is 0 Å². The quantitative estimate of drug-likeness (QED) is 0.432. The molecule has 4 rings (SSSR count). The van der Waals surface area contributed by atoms with Gasteiger partial charge in [0.25, 0.3) is 0 Å². The Hall–Kier alpha value is -2.79. The number of ether oxygens (including phenoxy) is 1. The maximum atomic E-state index is 5.40. The predicted molar refractivity (Wildman–Crippen MR) is 112 cm³/mol. The molecule has 0 saturated carbocycles. The highest BCUT2D eigenvalue weighted by Gasteiger charge is 2.17. The predicted octanol–water partition coefficient (Wildman–Crippen LogP) is 5.49. The van der Waals surface area contributed by atoms with Crippen LogP contribution in [-0.2, 0) is 0 Å². The average Bonchev–Trinajstić information content (AvgIpc) is 3.07. The van der Waals surface area contributed by atoms with E-state index < -0.39 is 0 Å². The third-order valence-electron chi connectivity index (χ3n) is 4.42. The van der Waals surface area contributed by atoms with Gasteiger partial charge in [0.2, 0.25) is 5.78 Å². The van der Waals surface area contributed by atoms with E-state index in [0.29, 0.717) is 5.78 Å². The van der Waals surface area contributed by atoms with Gasteiger partial charge in [-0.15, -0.1) is 11.8 Å². The monoisotopic (exact) mass is 375 g/mol. The molecule has 0 aliphatic rings. The minimum Gasteiger partial charge on any atom is -0.497 e. The molecule has 27 heavy (non-hydrogen) atoms. The topological polar surface area (TPSA) is 39.4 Å². The van der Waals surface area contributed by atoms with Gasteiger partial charge in [-0.05, 0) is 43.0 Å². The zero-order valence-electron chi connectivity index (χ0n) is 15.6. The van der Waals surface area contributed by atoms with Gasteiger partial charge in [0, 0.05) is 27.9 Å². The van der Waals surface area contributed by atoms with E-state index in [0.717, 1.165) is 39.7 Å². The molecule has 5 heteroatoms. The molecule has 0 aliphatic heterocycles. The summed E-state index contributed by atoms with van der Waals surface area (Å²) in [6.07, 6.45) is 2.04. The molecule has 0 atom stereocenters. The van der Waals surface area contributed by atoms with E-state index in [1.807, 2.05) is 49.1 Å². The molecule has 0 fully saturated rings. The van der Waals surface area contributed by atoms with Crippen LogP contribution < -0.4 is 4.74 Å². The fourth-order valence-corrected chi connectivity index (χ4v) is 3.80. The van der Waals surface area contributed by atoms with Gasteiger partial charge in [0.15, 0.2) is 0 Å². The molecule has 0 aliphatic carbocycles. The second-order valence-electron chi connectivity index (χ2n) is 6.24. The van der Waals surface area contributed by atoms with E-state index in [4.69, 9.17) is 9.72 Å². The SMILES string of the molecule is CCSc1ccc(-c2c(-c3cccc(OC)c3)nc3nc(C)ccn23)cc1. The van der Waals surface area contributed by atoms with Crippen LogP contribution in [0.4, 0.5) is 0 Å². The zero-order valence-corrected chi connectivity index (χ0v) is 16.5. The lowest BCUT2D eigenvalue weighted by molar-refractivity contribution is 0.415. The minimum atomic E-state index is 0.704. The Kier molecular flexibility index (Phi) is 4.86. The molecular weight excluding hydrogens is 354 g/mol. The first-order valence-electron chi connectivity index (χ1n) is 8.93. The molecule has 0 saturated heterocycles. The van der Waals surface area contributed by atoms with Gasteiger partial charge in [-0.3, -0.25) is 4.40 Å². The summed E-state index contributed by atoms with van der Waals surface area (Å²) in [6, 6.07) is 18.7. The van der Waals surface area contributed by atoms with Crippen molar-refractivity contribution in [3.05, 3.63) is 66.5 Å². The first-order valence-corrected chi connectivity index (χ1v) is 9.91. The smallest absolute Gasteiger partial charge is 0.235 e. The summed E-state index contributed by atoms with van der Waals surface area (Å²) < 4.78 is 7.46. The summed E-state index contributed by atoms with van der Waals surface area (Å²) in [7, 11) is 1.68. The number of imidazole rings is 1. The molecule has 2 heterocycles. The van der Waals surface area contributed by atoms with Crippen molar-refractivity contribution in [2.45, 2.75) is 18.7 Å². The van der Waals surface area contributed by atoms with Gasteiger partial charge >= 0.3 is 0 Å². The highest BCUT2D eigenvalue weighted by Crippen LogP contribution is 2.34. The third kappa shape index (κ3) is 3.43. The number of fused-ring (bicyclic) bond motifs is 1. The van der Waals surface area contributed by atoms with Crippen LogP contribution >= 0.6 is 11.8 Å². The summed E-state index contributed by atoms with van der Waals surface area (Å²) in [4.78, 5) is 10.7. The summed E-state index contributed by atoms with van der Waals surface area (Å²) in [5, 5.41) is 0. The number of nitrogens with zero attached hydrogens (tertiary/aromatic N) is 3. The molecule has 0 bridgehead atoms. The molecule has 0 amide bonds. The van der Waals surface area contributed by atoms with E-state index >= 15 is 0 Å². The number of aryl methyl sites for hydroxylation is 1. The summed E-state index contributed by atoms with van der Waals surface area (Å²) >= 11 is 1.84. The van der Waals surface area contributed by atoms with Crippen molar-refractivity contribution in [2.24, 2.45) is 0 Å². The van der Waals surface area contributed by atoms with Gasteiger partial charge in [-0.1, -0.05) is 31.2 Å². The highest BCUT2D eigenvalue weighted by atomic mass is 32.2. The maximum absolute atomic E-state index is 5.40. The number of methoxy groups -OCH3 is 1. The van der Waals surface area contributed by atoms with Crippen molar-refractivity contribution in [1.82, 2.24) is 14.4 Å². The second kappa shape index (κ2) is 7.45. The molecular formula is C22H21N3OS. The van der Waals surface area contributed by atoms with Gasteiger partial charge in [-0.25, -0.2) is 9.97 Å². The van der Waals surface area contributed by atoms with Crippen LogP contribution in [-0.4, -0.2) is 27.2 Å². The fourth-order valence-electron chi connectivity index (χ4n) is 3.14. The maximum Gasteiger partial charge on any atom is 0.235 e. The largest absolute Gasteiger partial charge is 0.497 e. The Labute approximate surface area is 163 Å². The lowest BCUT2D eigenvalue weighted by Gasteiger charge is -2.08. The number of hydrogen-bond acceptors (Lipinski definition) is 4. The molecule has 0 unspecified atom stereocenters. The Bertz CT molecular complexity index is 1090. The first-order chi connectivity index (χ1) is 13.2. The molecule has 2 aromatic carbocycles. The third-order valence-corrected chi connectivity index (χ3v) is 5.31. The number of benzene rings is 2. The van der Waals surface area contributed by atoms with E-state index in [1.54, 1.807) is 7.11 Å². The Morgan fingerprint density at radius 1 is 1.00 bits per heavy atom. The summed E-state index contributed by atoms with van der Waals surface area (Å²) in [6.45, 7) is 4.15. The van der Waals surface area contributed by atoms with Crippen molar-refractivity contribution >= 4 is 17.5 Å². The molecule has 0 radical (unpaired) electrons. The van der Waals surface area contributed by atoms with Crippen LogP contribution in [0.25, 0.3) is 28.3 Å². The Morgan fingerprint density at radius 2 is 1.81 bits per heavy atom. The van der Waals surface area contributed by atoms with Crippen molar-refractivity contribution in [3.8, 4) is 28.3 Å². The average molecular weight is 375 g/mol. The fraction of sp³-hybridized carbons (Fsp3) is 0.182. The van der Waals surface area contributed by atoms with Crippen LogP contribution in [0, 0.1) is 6.92 Å². The number of hydrogen-bond donors (Lipinski definition) is 0. The van der Waals surface area contributed by atoms with Crippen LogP contribution in [0.15, 0.2) is 65.7 Å². The van der Waals surface area contributed by atoms with Crippen molar-refractivity contribution in [1.29, 1.82) is 0 Å². The van der Waals surface area contributed by atoms with Crippen LogP contribution in [0.2, 0.25) is 0 Å². The molecule has 4 aromatic rings. The lowest BCUT2D eigenvalue weighted by atomic mass is 10.0. The highest BCUT2D eigenvalue weighted by molar-refractivity contribution is 7.99. The first kappa shape index (κ1) is 17.6. The van der Waals surface area contributed by atoms with Crippen LogP contribution in [0.1, 0.15) is 12.6 Å². The lowest BCUT2D eigenvalue weighted by Crippen LogP contribution is -1.93. The van der Waals surface area contributed by atoms with E-state index in [9.17, 15) is 0 Å². The van der Waals surface area contributed by atoms with Crippen molar-refractivity contribution < 1.29 is 4.74 Å². The molecule has 136 valence electrons. The number of aromatic nitrogens is 3. The number of thioether (sulfide) groups is 1. The summed E-state index contributed by atoms with van der Waals surface area (Å²) in [5.74, 6) is 2.58. The Balaban J connectivity index is 1.93. The molecule has 0 spiro atoms. The normalized spacial score (nSPS) is 11.1. The zero-order chi connectivity index (χ0) is 18.8. The molecule has 0 N–H and O–H groups in total. The molecule has 4 nitrogen and oxygen atoms in total. The van der Waals surface area contributed by atoms with Gasteiger partial charge in [-0.2, -0.15) is 0 Å². The van der Waals surface area contributed by atoms with E-state index in [-0.39, 0.29) is 0 Å². The standard InChI is InChI=1S/C22H21N3OS/c1-4-27-19-10-8-16(9-11-19)21-20(17-6-5-7-18(14-17)26-3)24-22-23-15(2)12-13-25(21)22/h5-14H,4H2,1-3H3. The van der Waals surface area contributed by atoms with Gasteiger partial charge in [0.05, 0.1) is 18.5 Å². The van der Waals surface area contributed by atoms with Gasteiger partial charge in [0.1, 0.15) is 5.75 Å². The van der Waals surface area contributed by atoms with Crippen LogP contribution in [0.5, 0.6) is 5.75 Å². The van der Waals surface area contributed by atoms with Crippen molar-refractivity contribution in [2.75, 3.05) is 12.9 Å². The Morgan fingerprint density at radius 3 is 2.56 bits per heavy atom. The van der Waals surface area contributed by atoms with Gasteiger partial charge < -0.3 is 4.74 Å². The second-order valence-corrected chi connectivity index (χ2v) is 7.57. The van der Waals surface area contributed by atoms with E-state index in [1.165, 1.54) is 4.90 Å².